The SMILES string of the molecule is Nc1nnc(N2CCC3(CCCC3)CC2)o1. The van der Waals surface area contributed by atoms with Gasteiger partial charge in [0, 0.05) is 13.1 Å². The number of aromatic nitrogens is 2. The minimum absolute atomic E-state index is 0.163. The second kappa shape index (κ2) is 3.64. The quantitative estimate of drug-likeness (QED) is 0.784. The molecule has 1 saturated heterocycles. The summed E-state index contributed by atoms with van der Waals surface area (Å²) >= 11 is 0. The van der Waals surface area contributed by atoms with E-state index in [4.69, 9.17) is 10.2 Å². The van der Waals surface area contributed by atoms with E-state index in [-0.39, 0.29) is 6.01 Å². The van der Waals surface area contributed by atoms with Gasteiger partial charge in [0.15, 0.2) is 0 Å². The molecule has 3 rings (SSSR count). The van der Waals surface area contributed by atoms with E-state index in [1.807, 2.05) is 0 Å². The van der Waals surface area contributed by atoms with Crippen LogP contribution in [0.1, 0.15) is 38.5 Å². The van der Waals surface area contributed by atoms with Crippen molar-refractivity contribution in [3.8, 4) is 0 Å². The number of nitrogen functional groups attached to an aromatic ring is 1. The predicted octanol–water partition coefficient (Wildman–Crippen LogP) is 1.81. The first-order valence-corrected chi connectivity index (χ1v) is 6.11. The number of hydrogen-bond donors (Lipinski definition) is 1. The predicted molar refractivity (Wildman–Crippen MR) is 61.1 cm³/mol. The molecule has 2 aliphatic rings. The minimum atomic E-state index is 0.163. The molecule has 2 heterocycles. The molecule has 0 aromatic carbocycles. The van der Waals surface area contributed by atoms with Crippen LogP contribution in [0.4, 0.5) is 12.0 Å². The molecule has 0 unspecified atom stereocenters. The van der Waals surface area contributed by atoms with Gasteiger partial charge in [0.2, 0.25) is 0 Å². The Kier molecular flexibility index (Phi) is 2.26. The molecule has 16 heavy (non-hydrogen) atoms. The Labute approximate surface area is 95.0 Å². The van der Waals surface area contributed by atoms with Gasteiger partial charge in [0.25, 0.3) is 0 Å². The summed E-state index contributed by atoms with van der Waals surface area (Å²) in [6.45, 7) is 2.06. The Bertz CT molecular complexity index is 360. The van der Waals surface area contributed by atoms with Gasteiger partial charge < -0.3 is 15.1 Å². The van der Waals surface area contributed by atoms with Gasteiger partial charge >= 0.3 is 12.0 Å². The van der Waals surface area contributed by atoms with E-state index in [1.165, 1.54) is 38.5 Å². The molecular weight excluding hydrogens is 204 g/mol. The lowest BCUT2D eigenvalue weighted by atomic mass is 9.77. The lowest BCUT2D eigenvalue weighted by molar-refractivity contribution is 0.222. The number of nitrogens with zero attached hydrogens (tertiary/aromatic N) is 3. The van der Waals surface area contributed by atoms with Crippen LogP contribution in [0.15, 0.2) is 4.42 Å². The van der Waals surface area contributed by atoms with Gasteiger partial charge in [0.1, 0.15) is 0 Å². The van der Waals surface area contributed by atoms with Crippen LogP contribution < -0.4 is 10.6 Å². The van der Waals surface area contributed by atoms with E-state index in [0.29, 0.717) is 11.4 Å². The van der Waals surface area contributed by atoms with Crippen LogP contribution in [-0.4, -0.2) is 23.3 Å². The highest BCUT2D eigenvalue weighted by Gasteiger charge is 2.37. The molecular formula is C11H18N4O. The highest BCUT2D eigenvalue weighted by Crippen LogP contribution is 2.46. The molecule has 88 valence electrons. The summed E-state index contributed by atoms with van der Waals surface area (Å²) in [7, 11) is 0. The topological polar surface area (TPSA) is 68.2 Å². The van der Waals surface area contributed by atoms with Crippen LogP contribution in [0.5, 0.6) is 0 Å². The van der Waals surface area contributed by atoms with Gasteiger partial charge in [-0.05, 0) is 31.1 Å². The van der Waals surface area contributed by atoms with Crippen molar-refractivity contribution < 1.29 is 4.42 Å². The molecule has 2 fully saturated rings. The van der Waals surface area contributed by atoms with Gasteiger partial charge in [-0.1, -0.05) is 23.0 Å². The number of piperidine rings is 1. The highest BCUT2D eigenvalue weighted by molar-refractivity contribution is 5.28. The van der Waals surface area contributed by atoms with E-state index in [1.54, 1.807) is 0 Å². The van der Waals surface area contributed by atoms with Crippen molar-refractivity contribution in [3.05, 3.63) is 0 Å². The summed E-state index contributed by atoms with van der Waals surface area (Å²) in [5.41, 5.74) is 6.06. The van der Waals surface area contributed by atoms with Crippen molar-refractivity contribution in [3.63, 3.8) is 0 Å². The fourth-order valence-corrected chi connectivity index (χ4v) is 3.15. The summed E-state index contributed by atoms with van der Waals surface area (Å²) < 4.78 is 5.26. The summed E-state index contributed by atoms with van der Waals surface area (Å²) in [5.74, 6) is 0. The summed E-state index contributed by atoms with van der Waals surface area (Å²) in [6, 6.07) is 0.751. The van der Waals surface area contributed by atoms with Crippen LogP contribution in [0.25, 0.3) is 0 Å². The average molecular weight is 222 g/mol. The highest BCUT2D eigenvalue weighted by atomic mass is 16.4. The first-order valence-electron chi connectivity index (χ1n) is 6.11. The van der Waals surface area contributed by atoms with Crippen LogP contribution >= 0.6 is 0 Å². The monoisotopic (exact) mass is 222 g/mol. The minimum Gasteiger partial charge on any atom is -0.390 e. The maximum Gasteiger partial charge on any atom is 0.319 e. The van der Waals surface area contributed by atoms with Gasteiger partial charge in [-0.2, -0.15) is 0 Å². The molecule has 2 N–H and O–H groups in total. The third kappa shape index (κ3) is 1.64. The Morgan fingerprint density at radius 1 is 1.06 bits per heavy atom. The zero-order valence-electron chi connectivity index (χ0n) is 9.48. The van der Waals surface area contributed by atoms with Crippen molar-refractivity contribution in [2.45, 2.75) is 38.5 Å². The van der Waals surface area contributed by atoms with Crippen molar-refractivity contribution >= 4 is 12.0 Å². The molecule has 1 aliphatic heterocycles. The van der Waals surface area contributed by atoms with Crippen LogP contribution in [-0.2, 0) is 0 Å². The maximum absolute atomic E-state index is 5.43. The Balaban J connectivity index is 1.66. The molecule has 1 spiro atoms. The summed E-state index contributed by atoms with van der Waals surface area (Å²) in [5, 5.41) is 7.64. The standard InChI is InChI=1S/C11H18N4O/c12-9-13-14-10(16-9)15-7-5-11(6-8-15)3-1-2-4-11/h1-8H2,(H2,12,13). The number of nitrogens with two attached hydrogens (primary N) is 1. The Morgan fingerprint density at radius 3 is 2.31 bits per heavy atom. The molecule has 0 atom stereocenters. The van der Waals surface area contributed by atoms with Gasteiger partial charge in [-0.15, -0.1) is 0 Å². The molecule has 1 aromatic rings. The Hall–Kier alpha value is -1.26. The van der Waals surface area contributed by atoms with E-state index >= 15 is 0 Å². The second-order valence-corrected chi connectivity index (χ2v) is 5.12. The third-order valence-electron chi connectivity index (χ3n) is 4.19. The van der Waals surface area contributed by atoms with Crippen molar-refractivity contribution in [1.29, 1.82) is 0 Å². The van der Waals surface area contributed by atoms with E-state index in [2.05, 4.69) is 15.1 Å². The lowest BCUT2D eigenvalue weighted by Crippen LogP contribution is -2.39. The fraction of sp³-hybridized carbons (Fsp3) is 0.818. The van der Waals surface area contributed by atoms with Crippen molar-refractivity contribution in [2.24, 2.45) is 5.41 Å². The van der Waals surface area contributed by atoms with Crippen molar-refractivity contribution in [1.82, 2.24) is 10.2 Å². The van der Waals surface area contributed by atoms with Crippen LogP contribution in [0.2, 0.25) is 0 Å². The van der Waals surface area contributed by atoms with Gasteiger partial charge in [0.05, 0.1) is 0 Å². The van der Waals surface area contributed by atoms with E-state index in [0.717, 1.165) is 13.1 Å². The normalized spacial score (nSPS) is 24.1. The van der Waals surface area contributed by atoms with E-state index in [9.17, 15) is 0 Å². The molecule has 1 aliphatic carbocycles. The maximum atomic E-state index is 5.43. The lowest BCUT2D eigenvalue weighted by Gasteiger charge is -2.38. The molecule has 1 aromatic heterocycles. The first-order chi connectivity index (χ1) is 7.77. The molecule has 0 bridgehead atoms. The zero-order chi connectivity index (χ0) is 11.0. The molecule has 0 radical (unpaired) electrons. The largest absolute Gasteiger partial charge is 0.390 e. The van der Waals surface area contributed by atoms with Crippen LogP contribution in [0, 0.1) is 5.41 Å². The van der Waals surface area contributed by atoms with Gasteiger partial charge in [-0.25, -0.2) is 0 Å². The van der Waals surface area contributed by atoms with Crippen LogP contribution in [0.3, 0.4) is 0 Å². The number of hydrogen-bond acceptors (Lipinski definition) is 5. The zero-order valence-corrected chi connectivity index (χ0v) is 9.48. The van der Waals surface area contributed by atoms with Gasteiger partial charge in [-0.3, -0.25) is 0 Å². The van der Waals surface area contributed by atoms with Crippen molar-refractivity contribution in [2.75, 3.05) is 23.7 Å². The molecule has 1 saturated carbocycles. The summed E-state index contributed by atoms with van der Waals surface area (Å²) in [4.78, 5) is 2.16. The fourth-order valence-electron chi connectivity index (χ4n) is 3.15. The number of rotatable bonds is 1. The number of anilines is 2. The second-order valence-electron chi connectivity index (χ2n) is 5.12. The summed E-state index contributed by atoms with van der Waals surface area (Å²) in [6.07, 6.45) is 8.16. The molecule has 0 amide bonds. The molecule has 5 heteroatoms. The molecule has 5 nitrogen and oxygen atoms in total. The average Bonchev–Trinajstić information content (AvgIpc) is 2.90. The Morgan fingerprint density at radius 2 is 1.75 bits per heavy atom. The smallest absolute Gasteiger partial charge is 0.319 e. The first kappa shape index (κ1) is 9.93. The third-order valence-corrected chi connectivity index (χ3v) is 4.19. The van der Waals surface area contributed by atoms with E-state index < -0.39 is 0 Å².